The molecule has 0 bridgehead atoms. The van der Waals surface area contributed by atoms with Crippen LogP contribution in [0, 0.1) is 0 Å². The van der Waals surface area contributed by atoms with Crippen molar-refractivity contribution in [2.45, 2.75) is 39.0 Å². The van der Waals surface area contributed by atoms with Gasteiger partial charge in [0.25, 0.3) is 0 Å². The second-order valence-corrected chi connectivity index (χ2v) is 7.80. The smallest absolute Gasteiger partial charge is 0.163 e. The summed E-state index contributed by atoms with van der Waals surface area (Å²) >= 11 is 18.9. The zero-order chi connectivity index (χ0) is 19.9. The minimum absolute atomic E-state index is 0.228. The molecule has 1 N–H and O–H groups in total. The van der Waals surface area contributed by atoms with Crippen LogP contribution in [0.4, 0.5) is 0 Å². The standard InChI is InChI=1S/C21H24Cl3NO3/c1-2-26-20-9-14(11-25-12-15-5-4-8-27-15)19(24)10-21(20)28-13-16-17(22)6-3-7-18(16)23/h3,6-7,9-10,15,25H,2,4-5,8,11-13H2,1H3. The van der Waals surface area contributed by atoms with E-state index in [1.54, 1.807) is 24.3 Å². The molecule has 1 heterocycles. The maximum atomic E-state index is 6.48. The third kappa shape index (κ3) is 5.68. The second kappa shape index (κ2) is 10.6. The molecule has 0 spiro atoms. The average Bonchev–Trinajstić information content (AvgIpc) is 3.18. The van der Waals surface area contributed by atoms with Crippen LogP contribution in [-0.4, -0.2) is 25.9 Å². The largest absolute Gasteiger partial charge is 0.490 e. The Morgan fingerprint density at radius 3 is 2.50 bits per heavy atom. The van der Waals surface area contributed by atoms with E-state index in [4.69, 9.17) is 49.0 Å². The molecule has 0 amide bonds. The van der Waals surface area contributed by atoms with Gasteiger partial charge in [-0.1, -0.05) is 40.9 Å². The van der Waals surface area contributed by atoms with E-state index in [9.17, 15) is 0 Å². The van der Waals surface area contributed by atoms with Crippen LogP contribution < -0.4 is 14.8 Å². The molecule has 152 valence electrons. The monoisotopic (exact) mass is 443 g/mol. The van der Waals surface area contributed by atoms with Gasteiger partial charge >= 0.3 is 0 Å². The number of nitrogens with one attached hydrogen (secondary N) is 1. The van der Waals surface area contributed by atoms with Gasteiger partial charge in [-0.05, 0) is 43.5 Å². The highest BCUT2D eigenvalue weighted by molar-refractivity contribution is 6.36. The van der Waals surface area contributed by atoms with Gasteiger partial charge in [-0.3, -0.25) is 0 Å². The summed E-state index contributed by atoms with van der Waals surface area (Å²) in [6, 6.07) is 9.06. The van der Waals surface area contributed by atoms with Gasteiger partial charge in [-0.2, -0.15) is 0 Å². The van der Waals surface area contributed by atoms with Gasteiger partial charge in [0.15, 0.2) is 11.5 Å². The van der Waals surface area contributed by atoms with Crippen molar-refractivity contribution in [2.24, 2.45) is 0 Å². The zero-order valence-electron chi connectivity index (χ0n) is 15.8. The molecule has 4 nitrogen and oxygen atoms in total. The Bertz CT molecular complexity index is 774. The fourth-order valence-electron chi connectivity index (χ4n) is 3.09. The first-order valence-electron chi connectivity index (χ1n) is 9.41. The van der Waals surface area contributed by atoms with Crippen molar-refractivity contribution in [1.29, 1.82) is 0 Å². The maximum Gasteiger partial charge on any atom is 0.163 e. The molecule has 1 atom stereocenters. The Balaban J connectivity index is 1.69. The summed E-state index contributed by atoms with van der Waals surface area (Å²) < 4.78 is 17.3. The molecular weight excluding hydrogens is 421 g/mol. The second-order valence-electron chi connectivity index (χ2n) is 6.58. The minimum Gasteiger partial charge on any atom is -0.490 e. The minimum atomic E-state index is 0.228. The maximum absolute atomic E-state index is 6.48. The number of benzene rings is 2. The summed E-state index contributed by atoms with van der Waals surface area (Å²) in [5.41, 5.74) is 1.68. The lowest BCUT2D eigenvalue weighted by molar-refractivity contribution is 0.110. The number of hydrogen-bond donors (Lipinski definition) is 1. The van der Waals surface area contributed by atoms with Gasteiger partial charge in [0.2, 0.25) is 0 Å². The Kier molecular flexibility index (Phi) is 8.12. The fourth-order valence-corrected chi connectivity index (χ4v) is 3.81. The summed E-state index contributed by atoms with van der Waals surface area (Å²) in [4.78, 5) is 0. The first-order valence-corrected chi connectivity index (χ1v) is 10.5. The Morgan fingerprint density at radius 1 is 1.07 bits per heavy atom. The number of hydrogen-bond acceptors (Lipinski definition) is 4. The predicted molar refractivity (Wildman–Crippen MR) is 114 cm³/mol. The van der Waals surface area contributed by atoms with Crippen LogP contribution in [0.1, 0.15) is 30.9 Å². The van der Waals surface area contributed by atoms with Gasteiger partial charge in [0, 0.05) is 46.4 Å². The lowest BCUT2D eigenvalue weighted by Gasteiger charge is -2.17. The van der Waals surface area contributed by atoms with Gasteiger partial charge in [-0.15, -0.1) is 0 Å². The van der Waals surface area contributed by atoms with Crippen molar-refractivity contribution in [3.8, 4) is 11.5 Å². The van der Waals surface area contributed by atoms with E-state index >= 15 is 0 Å². The van der Waals surface area contributed by atoms with Crippen LogP contribution in [0.3, 0.4) is 0 Å². The van der Waals surface area contributed by atoms with Crippen molar-refractivity contribution in [3.05, 3.63) is 56.5 Å². The van der Waals surface area contributed by atoms with Crippen molar-refractivity contribution in [1.82, 2.24) is 5.32 Å². The topological polar surface area (TPSA) is 39.7 Å². The number of ether oxygens (including phenoxy) is 3. The number of halogens is 3. The highest BCUT2D eigenvalue weighted by atomic mass is 35.5. The van der Waals surface area contributed by atoms with Gasteiger partial charge in [-0.25, -0.2) is 0 Å². The number of rotatable bonds is 9. The van der Waals surface area contributed by atoms with E-state index in [0.717, 1.165) is 37.1 Å². The zero-order valence-corrected chi connectivity index (χ0v) is 18.0. The molecule has 0 saturated carbocycles. The molecule has 1 aliphatic rings. The molecule has 3 rings (SSSR count). The van der Waals surface area contributed by atoms with E-state index in [0.29, 0.717) is 39.7 Å². The summed E-state index contributed by atoms with van der Waals surface area (Å²) in [7, 11) is 0. The molecule has 1 aliphatic heterocycles. The van der Waals surface area contributed by atoms with E-state index in [-0.39, 0.29) is 12.7 Å². The SMILES string of the molecule is CCOc1cc(CNCC2CCCO2)c(Cl)cc1OCc1c(Cl)cccc1Cl. The van der Waals surface area contributed by atoms with Crippen LogP contribution >= 0.6 is 34.8 Å². The lowest BCUT2D eigenvalue weighted by atomic mass is 10.1. The van der Waals surface area contributed by atoms with Crippen molar-refractivity contribution in [2.75, 3.05) is 19.8 Å². The van der Waals surface area contributed by atoms with Crippen molar-refractivity contribution in [3.63, 3.8) is 0 Å². The first kappa shape index (κ1) is 21.5. The van der Waals surface area contributed by atoms with Crippen LogP contribution in [-0.2, 0) is 17.9 Å². The molecular formula is C21H24Cl3NO3. The molecule has 0 aromatic heterocycles. The molecule has 28 heavy (non-hydrogen) atoms. The van der Waals surface area contributed by atoms with E-state index < -0.39 is 0 Å². The average molecular weight is 445 g/mol. The van der Waals surface area contributed by atoms with Crippen LogP contribution in [0.15, 0.2) is 30.3 Å². The Labute approximate surface area is 181 Å². The van der Waals surface area contributed by atoms with E-state index in [2.05, 4.69) is 5.32 Å². The van der Waals surface area contributed by atoms with Gasteiger partial charge < -0.3 is 19.5 Å². The summed E-state index contributed by atoms with van der Waals surface area (Å²) in [6.07, 6.45) is 2.51. The van der Waals surface area contributed by atoms with Gasteiger partial charge in [0.05, 0.1) is 12.7 Å². The molecule has 2 aromatic rings. The lowest BCUT2D eigenvalue weighted by Crippen LogP contribution is -2.25. The Hall–Kier alpha value is -1.17. The highest BCUT2D eigenvalue weighted by Gasteiger charge is 2.16. The van der Waals surface area contributed by atoms with Crippen molar-refractivity contribution >= 4 is 34.8 Å². The molecule has 0 radical (unpaired) electrons. The molecule has 1 fully saturated rings. The highest BCUT2D eigenvalue weighted by Crippen LogP contribution is 2.35. The van der Waals surface area contributed by atoms with Gasteiger partial charge in [0.1, 0.15) is 6.61 Å². The first-order chi connectivity index (χ1) is 13.6. The molecule has 2 aromatic carbocycles. The fraction of sp³-hybridized carbons (Fsp3) is 0.429. The third-order valence-corrected chi connectivity index (χ3v) is 5.62. The van der Waals surface area contributed by atoms with E-state index in [1.165, 1.54) is 0 Å². The van der Waals surface area contributed by atoms with Crippen LogP contribution in [0.5, 0.6) is 11.5 Å². The molecule has 1 saturated heterocycles. The summed E-state index contributed by atoms with van der Waals surface area (Å²) in [6.45, 7) is 4.97. The molecule has 7 heteroatoms. The predicted octanol–water partition coefficient (Wildman–Crippen LogP) is 5.89. The Morgan fingerprint density at radius 2 is 1.82 bits per heavy atom. The quantitative estimate of drug-likeness (QED) is 0.523. The normalized spacial score (nSPS) is 16.4. The van der Waals surface area contributed by atoms with Crippen LogP contribution in [0.25, 0.3) is 0 Å². The molecule has 1 unspecified atom stereocenters. The van der Waals surface area contributed by atoms with Crippen LogP contribution in [0.2, 0.25) is 15.1 Å². The van der Waals surface area contributed by atoms with E-state index in [1.807, 2.05) is 13.0 Å². The summed E-state index contributed by atoms with van der Waals surface area (Å²) in [5, 5.41) is 5.14. The molecule has 0 aliphatic carbocycles. The van der Waals surface area contributed by atoms with Crippen molar-refractivity contribution < 1.29 is 14.2 Å². The summed E-state index contributed by atoms with van der Waals surface area (Å²) in [5.74, 6) is 1.20. The third-order valence-electron chi connectivity index (χ3n) is 4.56.